The third-order valence-electron chi connectivity index (χ3n) is 4.93. The fourth-order valence-corrected chi connectivity index (χ4v) is 3.42. The maximum Gasteiger partial charge on any atom is 0.310 e. The van der Waals surface area contributed by atoms with Crippen LogP contribution in [-0.2, 0) is 13.2 Å². The molecule has 2 aromatic carbocycles. The van der Waals surface area contributed by atoms with Gasteiger partial charge in [0.25, 0.3) is 0 Å². The summed E-state index contributed by atoms with van der Waals surface area (Å²) in [7, 11) is 1.51. The van der Waals surface area contributed by atoms with Crippen LogP contribution in [0.1, 0.15) is 27.4 Å². The van der Waals surface area contributed by atoms with Gasteiger partial charge in [-0.15, -0.1) is 0 Å². The lowest BCUT2D eigenvalue weighted by molar-refractivity contribution is -0.385. The molecule has 11 nitrogen and oxygen atoms in total. The molecule has 0 unspecified atom stereocenters. The quantitative estimate of drug-likeness (QED) is 0.190. The second-order valence-corrected chi connectivity index (χ2v) is 7.84. The summed E-state index contributed by atoms with van der Waals surface area (Å²) in [5, 5.41) is 19.7. The molecule has 1 amide bonds. The number of rotatable bonds is 10. The fourth-order valence-electron chi connectivity index (χ4n) is 3.27. The number of methoxy groups -OCH3 is 1. The second kappa shape index (κ2) is 11.2. The number of carbonyl (C=O) groups is 1. The molecule has 4 rings (SSSR count). The van der Waals surface area contributed by atoms with Crippen molar-refractivity contribution in [3.8, 4) is 11.5 Å². The molecular formula is C24H20ClN5O6. The van der Waals surface area contributed by atoms with Crippen molar-refractivity contribution >= 4 is 29.4 Å². The normalized spacial score (nSPS) is 10.9. The topological polar surface area (TPSA) is 134 Å². The van der Waals surface area contributed by atoms with Gasteiger partial charge < -0.3 is 13.9 Å². The number of benzene rings is 2. The van der Waals surface area contributed by atoms with Crippen molar-refractivity contribution in [3.63, 3.8) is 0 Å². The predicted octanol–water partition coefficient (Wildman–Crippen LogP) is 4.44. The van der Waals surface area contributed by atoms with Gasteiger partial charge in [0.05, 0.1) is 36.0 Å². The van der Waals surface area contributed by atoms with Gasteiger partial charge in [-0.1, -0.05) is 23.7 Å². The van der Waals surface area contributed by atoms with Gasteiger partial charge >= 0.3 is 11.6 Å². The molecule has 4 aromatic rings. The van der Waals surface area contributed by atoms with Crippen LogP contribution in [0, 0.1) is 10.1 Å². The Kier molecular flexibility index (Phi) is 7.61. The van der Waals surface area contributed by atoms with Gasteiger partial charge in [0, 0.05) is 17.8 Å². The van der Waals surface area contributed by atoms with Crippen molar-refractivity contribution < 1.29 is 23.6 Å². The average Bonchev–Trinajstić information content (AvgIpc) is 3.51. The summed E-state index contributed by atoms with van der Waals surface area (Å²) in [4.78, 5) is 23.1. The van der Waals surface area contributed by atoms with E-state index in [-0.39, 0.29) is 23.8 Å². The maximum absolute atomic E-state index is 12.4. The molecule has 0 saturated carbocycles. The van der Waals surface area contributed by atoms with E-state index in [4.69, 9.17) is 25.5 Å². The van der Waals surface area contributed by atoms with E-state index in [0.29, 0.717) is 34.2 Å². The molecule has 0 spiro atoms. The van der Waals surface area contributed by atoms with E-state index in [1.807, 2.05) is 0 Å². The van der Waals surface area contributed by atoms with E-state index in [2.05, 4.69) is 15.6 Å². The van der Waals surface area contributed by atoms with Crippen LogP contribution >= 0.6 is 11.6 Å². The molecule has 36 heavy (non-hydrogen) atoms. The number of amides is 1. The number of hydrogen-bond acceptors (Lipinski definition) is 8. The molecule has 0 atom stereocenters. The lowest BCUT2D eigenvalue weighted by Crippen LogP contribution is -2.16. The number of nitrogens with one attached hydrogen (secondary N) is 1. The Balaban J connectivity index is 1.38. The van der Waals surface area contributed by atoms with Gasteiger partial charge in [-0.2, -0.15) is 10.2 Å². The molecule has 0 aliphatic rings. The number of hydrogen-bond donors (Lipinski definition) is 1. The van der Waals surface area contributed by atoms with Gasteiger partial charge in [0.15, 0.2) is 11.5 Å². The van der Waals surface area contributed by atoms with Crippen LogP contribution in [0.3, 0.4) is 0 Å². The predicted molar refractivity (Wildman–Crippen MR) is 131 cm³/mol. The minimum Gasteiger partial charge on any atom is -0.496 e. The number of hydrazone groups is 1. The Labute approximate surface area is 210 Å². The Morgan fingerprint density at radius 3 is 2.83 bits per heavy atom. The number of nitrogens with zero attached hydrogens (tertiary/aromatic N) is 4. The maximum atomic E-state index is 12.4. The Morgan fingerprint density at radius 2 is 2.08 bits per heavy atom. The highest BCUT2D eigenvalue weighted by Gasteiger charge is 2.15. The zero-order valence-corrected chi connectivity index (χ0v) is 19.7. The van der Waals surface area contributed by atoms with Crippen molar-refractivity contribution in [2.24, 2.45) is 5.10 Å². The zero-order chi connectivity index (χ0) is 25.5. The summed E-state index contributed by atoms with van der Waals surface area (Å²) in [5.41, 5.74) is 3.56. The Morgan fingerprint density at radius 1 is 1.25 bits per heavy atom. The standard InChI is InChI=1S/C24H20ClN5O6/c1-34-21-8-6-16(10-17(21)15-35-22-5-3-2-4-20(22)30(32)33)11-26-28-24(31)23-9-7-19(36-23)14-29-13-18(25)12-27-29/h2-13H,14-15H2,1H3,(H,28,31). The molecule has 0 radical (unpaired) electrons. The largest absolute Gasteiger partial charge is 0.496 e. The average molecular weight is 510 g/mol. The van der Waals surface area contributed by atoms with E-state index < -0.39 is 10.8 Å². The lowest BCUT2D eigenvalue weighted by atomic mass is 10.1. The molecule has 0 saturated heterocycles. The summed E-state index contributed by atoms with van der Waals surface area (Å²) < 4.78 is 18.2. The number of furan rings is 1. The van der Waals surface area contributed by atoms with Crippen LogP contribution in [0.4, 0.5) is 5.69 Å². The highest BCUT2D eigenvalue weighted by atomic mass is 35.5. The first-order chi connectivity index (χ1) is 17.4. The minimum absolute atomic E-state index is 0.0265. The highest BCUT2D eigenvalue weighted by molar-refractivity contribution is 6.30. The molecule has 0 aliphatic carbocycles. The molecule has 184 valence electrons. The Bertz CT molecular complexity index is 1410. The van der Waals surface area contributed by atoms with Crippen molar-refractivity contribution in [2.75, 3.05) is 7.11 Å². The number of nitro groups is 1. The SMILES string of the molecule is COc1ccc(C=NNC(=O)c2ccc(Cn3cc(Cl)cn3)o2)cc1COc1ccccc1[N+](=O)[O-]. The van der Waals surface area contributed by atoms with Crippen molar-refractivity contribution in [2.45, 2.75) is 13.2 Å². The first-order valence-corrected chi connectivity index (χ1v) is 10.9. The lowest BCUT2D eigenvalue weighted by Gasteiger charge is -2.11. The fraction of sp³-hybridized carbons (Fsp3) is 0.125. The molecule has 0 aliphatic heterocycles. The third-order valence-corrected chi connectivity index (χ3v) is 5.13. The van der Waals surface area contributed by atoms with Crippen LogP contribution in [0.25, 0.3) is 0 Å². The zero-order valence-electron chi connectivity index (χ0n) is 19.0. The number of aromatic nitrogens is 2. The second-order valence-electron chi connectivity index (χ2n) is 7.41. The van der Waals surface area contributed by atoms with Gasteiger partial charge in [-0.05, 0) is 42.0 Å². The number of nitro benzene ring substituents is 1. The van der Waals surface area contributed by atoms with E-state index in [1.165, 1.54) is 37.7 Å². The number of para-hydroxylation sites is 2. The first-order valence-electron chi connectivity index (χ1n) is 10.6. The summed E-state index contributed by atoms with van der Waals surface area (Å²) in [6.45, 7) is 0.352. The number of carbonyl (C=O) groups excluding carboxylic acids is 1. The molecule has 2 heterocycles. The molecular weight excluding hydrogens is 490 g/mol. The van der Waals surface area contributed by atoms with E-state index in [0.717, 1.165) is 0 Å². The summed E-state index contributed by atoms with van der Waals surface area (Å²) in [6.07, 6.45) is 4.60. The summed E-state index contributed by atoms with van der Waals surface area (Å²) in [5.74, 6) is 0.779. The van der Waals surface area contributed by atoms with Crippen LogP contribution < -0.4 is 14.9 Å². The molecule has 12 heteroatoms. The van der Waals surface area contributed by atoms with E-state index >= 15 is 0 Å². The number of ether oxygens (including phenoxy) is 2. The van der Waals surface area contributed by atoms with Gasteiger partial charge in [-0.3, -0.25) is 19.6 Å². The third kappa shape index (κ3) is 6.07. The van der Waals surface area contributed by atoms with Crippen molar-refractivity contribution in [1.82, 2.24) is 15.2 Å². The van der Waals surface area contributed by atoms with Crippen molar-refractivity contribution in [1.29, 1.82) is 0 Å². The smallest absolute Gasteiger partial charge is 0.310 e. The molecule has 0 bridgehead atoms. The van der Waals surface area contributed by atoms with Crippen LogP contribution in [-0.4, -0.2) is 33.9 Å². The van der Waals surface area contributed by atoms with Crippen LogP contribution in [0.5, 0.6) is 11.5 Å². The van der Waals surface area contributed by atoms with Crippen LogP contribution in [0.15, 0.2) is 76.5 Å². The van der Waals surface area contributed by atoms with E-state index in [9.17, 15) is 14.9 Å². The number of halogens is 1. The minimum atomic E-state index is -0.524. The van der Waals surface area contributed by atoms with Gasteiger partial charge in [-0.25, -0.2) is 5.43 Å². The highest BCUT2D eigenvalue weighted by Crippen LogP contribution is 2.28. The van der Waals surface area contributed by atoms with Crippen LogP contribution in [0.2, 0.25) is 5.02 Å². The first kappa shape index (κ1) is 24.5. The van der Waals surface area contributed by atoms with E-state index in [1.54, 1.807) is 47.3 Å². The van der Waals surface area contributed by atoms with Crippen molar-refractivity contribution in [3.05, 3.63) is 105 Å². The monoisotopic (exact) mass is 509 g/mol. The Hall–Kier alpha value is -4.64. The molecule has 2 aromatic heterocycles. The summed E-state index contributed by atoms with van der Waals surface area (Å²) in [6, 6.07) is 14.5. The van der Waals surface area contributed by atoms with Gasteiger partial charge in [0.2, 0.25) is 0 Å². The summed E-state index contributed by atoms with van der Waals surface area (Å²) >= 11 is 5.85. The molecule has 1 N–H and O–H groups in total. The van der Waals surface area contributed by atoms with Gasteiger partial charge in [0.1, 0.15) is 18.1 Å². The molecule has 0 fully saturated rings.